The number of anilines is 1. The second-order valence-electron chi connectivity index (χ2n) is 4.88. The maximum absolute atomic E-state index is 12.3. The molecule has 0 atom stereocenters. The zero-order valence-electron chi connectivity index (χ0n) is 12.1. The lowest BCUT2D eigenvalue weighted by Crippen LogP contribution is -2.30. The molecule has 0 spiro atoms. The van der Waals surface area contributed by atoms with Gasteiger partial charge in [-0.25, -0.2) is 4.79 Å². The van der Waals surface area contributed by atoms with Gasteiger partial charge in [-0.3, -0.25) is 10.1 Å². The Morgan fingerprint density at radius 3 is 2.64 bits per heavy atom. The number of carbonyl (C=O) groups is 1. The number of urea groups is 1. The fraction of sp³-hybridized carbons (Fsp3) is 0.462. The molecule has 0 radical (unpaired) electrons. The van der Waals surface area contributed by atoms with Crippen molar-refractivity contribution < 1.29 is 23.2 Å². The van der Waals surface area contributed by atoms with Gasteiger partial charge in [0.15, 0.2) is 0 Å². The lowest BCUT2D eigenvalue weighted by Gasteiger charge is -2.13. The fourth-order valence-corrected chi connectivity index (χ4v) is 1.57. The molecule has 0 saturated carbocycles. The molecular formula is C13H17F2N3O4. The van der Waals surface area contributed by atoms with Crippen molar-refractivity contribution in [2.75, 3.05) is 11.9 Å². The monoisotopic (exact) mass is 317 g/mol. The van der Waals surface area contributed by atoms with Crippen LogP contribution in [0.2, 0.25) is 0 Å². The molecule has 9 heteroatoms. The Kier molecular flexibility index (Phi) is 6.48. The molecule has 122 valence electrons. The number of alkyl halides is 2. The summed E-state index contributed by atoms with van der Waals surface area (Å²) in [5.41, 5.74) is -0.546. The van der Waals surface area contributed by atoms with Crippen LogP contribution in [0, 0.1) is 16.0 Å². The van der Waals surface area contributed by atoms with Crippen molar-refractivity contribution in [3.05, 3.63) is 28.3 Å². The van der Waals surface area contributed by atoms with Crippen LogP contribution in [-0.2, 0) is 0 Å². The summed E-state index contributed by atoms with van der Waals surface area (Å²) in [6, 6.07) is 2.33. The smallest absolute Gasteiger partial charge is 0.387 e. The van der Waals surface area contributed by atoms with Crippen LogP contribution in [0.3, 0.4) is 0 Å². The highest BCUT2D eigenvalue weighted by Gasteiger charge is 2.16. The number of carbonyl (C=O) groups excluding carboxylic acids is 1. The summed E-state index contributed by atoms with van der Waals surface area (Å²) in [7, 11) is 0. The van der Waals surface area contributed by atoms with Crippen molar-refractivity contribution in [2.24, 2.45) is 5.92 Å². The number of benzene rings is 1. The number of nitro benzene ring substituents is 1. The SMILES string of the molecule is CC(C)CCNC(=O)Nc1cc([N+](=O)[O-])ccc1OC(F)F. The third-order valence-electron chi connectivity index (χ3n) is 2.65. The summed E-state index contributed by atoms with van der Waals surface area (Å²) in [6.45, 7) is 1.25. The first kappa shape index (κ1) is 17.6. The summed E-state index contributed by atoms with van der Waals surface area (Å²) >= 11 is 0. The average molecular weight is 317 g/mol. The van der Waals surface area contributed by atoms with Gasteiger partial charge in [-0.2, -0.15) is 8.78 Å². The molecule has 0 bridgehead atoms. The molecule has 7 nitrogen and oxygen atoms in total. The van der Waals surface area contributed by atoms with E-state index in [9.17, 15) is 23.7 Å². The average Bonchev–Trinajstić information content (AvgIpc) is 2.39. The molecule has 0 aromatic heterocycles. The molecule has 2 N–H and O–H groups in total. The number of rotatable bonds is 7. The van der Waals surface area contributed by atoms with Gasteiger partial charge in [0, 0.05) is 18.7 Å². The summed E-state index contributed by atoms with van der Waals surface area (Å²) < 4.78 is 28.8. The molecule has 0 saturated heterocycles. The number of nitro groups is 1. The number of hydrogen-bond acceptors (Lipinski definition) is 4. The lowest BCUT2D eigenvalue weighted by atomic mass is 10.1. The van der Waals surface area contributed by atoms with E-state index in [4.69, 9.17) is 0 Å². The number of nitrogens with zero attached hydrogens (tertiary/aromatic N) is 1. The molecule has 0 aliphatic heterocycles. The van der Waals surface area contributed by atoms with Crippen molar-refractivity contribution in [3.8, 4) is 5.75 Å². The third kappa shape index (κ3) is 5.90. The van der Waals surface area contributed by atoms with E-state index in [0.29, 0.717) is 12.5 Å². The quantitative estimate of drug-likeness (QED) is 0.595. The maximum atomic E-state index is 12.3. The fourth-order valence-electron chi connectivity index (χ4n) is 1.57. The molecule has 0 unspecified atom stereocenters. The van der Waals surface area contributed by atoms with E-state index in [-0.39, 0.29) is 17.1 Å². The van der Waals surface area contributed by atoms with Gasteiger partial charge in [0.2, 0.25) is 0 Å². The largest absolute Gasteiger partial charge is 0.433 e. The van der Waals surface area contributed by atoms with Gasteiger partial charge >= 0.3 is 12.6 Å². The minimum Gasteiger partial charge on any atom is -0.433 e. The Hall–Kier alpha value is -2.45. The predicted molar refractivity (Wildman–Crippen MR) is 76.2 cm³/mol. The molecule has 2 amide bonds. The number of amides is 2. The summed E-state index contributed by atoms with van der Waals surface area (Å²) in [6.07, 6.45) is 0.739. The molecular weight excluding hydrogens is 300 g/mol. The van der Waals surface area contributed by atoms with Crippen LogP contribution >= 0.6 is 0 Å². The van der Waals surface area contributed by atoms with Gasteiger partial charge < -0.3 is 15.4 Å². The predicted octanol–water partition coefficient (Wildman–Crippen LogP) is 3.36. The minimum absolute atomic E-state index is 0.198. The third-order valence-corrected chi connectivity index (χ3v) is 2.65. The van der Waals surface area contributed by atoms with Gasteiger partial charge in [-0.1, -0.05) is 13.8 Å². The Labute approximate surface area is 125 Å². The standard InChI is InChI=1S/C13H17F2N3O4/c1-8(2)5-6-16-13(19)17-10-7-9(18(20)21)3-4-11(10)22-12(14)15/h3-4,7-8,12H,5-6H2,1-2H3,(H2,16,17,19). The first-order chi connectivity index (χ1) is 10.3. The Morgan fingerprint density at radius 2 is 2.09 bits per heavy atom. The van der Waals surface area contributed by atoms with E-state index in [1.807, 2.05) is 13.8 Å². The topological polar surface area (TPSA) is 93.5 Å². The van der Waals surface area contributed by atoms with Gasteiger partial charge in [0.1, 0.15) is 5.75 Å². The number of ether oxygens (including phenoxy) is 1. The van der Waals surface area contributed by atoms with Crippen LogP contribution in [0.25, 0.3) is 0 Å². The second-order valence-corrected chi connectivity index (χ2v) is 4.88. The van der Waals surface area contributed by atoms with E-state index >= 15 is 0 Å². The van der Waals surface area contributed by atoms with Crippen molar-refractivity contribution in [1.82, 2.24) is 5.32 Å². The van der Waals surface area contributed by atoms with Crippen LogP contribution < -0.4 is 15.4 Å². The summed E-state index contributed by atoms with van der Waals surface area (Å²) in [5.74, 6) is 0.0375. The highest BCUT2D eigenvalue weighted by molar-refractivity contribution is 5.91. The van der Waals surface area contributed by atoms with Crippen molar-refractivity contribution in [1.29, 1.82) is 0 Å². The molecule has 0 heterocycles. The van der Waals surface area contributed by atoms with E-state index in [2.05, 4.69) is 15.4 Å². The number of halogens is 2. The van der Waals surface area contributed by atoms with Crippen LogP contribution in [-0.4, -0.2) is 24.1 Å². The molecule has 1 rings (SSSR count). The minimum atomic E-state index is -3.11. The number of non-ortho nitro benzene ring substituents is 1. The molecule has 1 aromatic rings. The number of nitrogens with one attached hydrogen (secondary N) is 2. The van der Waals surface area contributed by atoms with Crippen LogP contribution in [0.1, 0.15) is 20.3 Å². The molecule has 1 aromatic carbocycles. The molecule has 0 aliphatic rings. The Balaban J connectivity index is 2.82. The van der Waals surface area contributed by atoms with E-state index in [1.54, 1.807) is 0 Å². The number of hydrogen-bond donors (Lipinski definition) is 2. The van der Waals surface area contributed by atoms with Crippen molar-refractivity contribution >= 4 is 17.4 Å². The van der Waals surface area contributed by atoms with Crippen molar-refractivity contribution in [2.45, 2.75) is 26.9 Å². The second kappa shape index (κ2) is 8.11. The molecule has 0 aliphatic carbocycles. The molecule has 22 heavy (non-hydrogen) atoms. The van der Waals surface area contributed by atoms with Gasteiger partial charge in [0.05, 0.1) is 10.6 Å². The zero-order valence-corrected chi connectivity index (χ0v) is 12.1. The van der Waals surface area contributed by atoms with Crippen LogP contribution in [0.4, 0.5) is 25.0 Å². The van der Waals surface area contributed by atoms with Crippen LogP contribution in [0.15, 0.2) is 18.2 Å². The normalized spacial score (nSPS) is 10.6. The van der Waals surface area contributed by atoms with Crippen molar-refractivity contribution in [3.63, 3.8) is 0 Å². The Bertz CT molecular complexity index is 538. The highest BCUT2D eigenvalue weighted by atomic mass is 19.3. The lowest BCUT2D eigenvalue weighted by molar-refractivity contribution is -0.384. The van der Waals surface area contributed by atoms with Crippen LogP contribution in [0.5, 0.6) is 5.75 Å². The van der Waals surface area contributed by atoms with E-state index in [1.165, 1.54) is 0 Å². The van der Waals surface area contributed by atoms with E-state index < -0.39 is 17.6 Å². The summed E-state index contributed by atoms with van der Waals surface area (Å²) in [5, 5.41) is 15.5. The maximum Gasteiger partial charge on any atom is 0.387 e. The van der Waals surface area contributed by atoms with Gasteiger partial charge in [-0.15, -0.1) is 0 Å². The highest BCUT2D eigenvalue weighted by Crippen LogP contribution is 2.30. The van der Waals surface area contributed by atoms with Gasteiger partial charge in [0.25, 0.3) is 5.69 Å². The Morgan fingerprint density at radius 1 is 1.41 bits per heavy atom. The summed E-state index contributed by atoms with van der Waals surface area (Å²) in [4.78, 5) is 21.7. The van der Waals surface area contributed by atoms with E-state index in [0.717, 1.165) is 24.6 Å². The molecule has 0 fully saturated rings. The zero-order chi connectivity index (χ0) is 16.7. The first-order valence-corrected chi connectivity index (χ1v) is 6.57. The first-order valence-electron chi connectivity index (χ1n) is 6.57. The van der Waals surface area contributed by atoms with Gasteiger partial charge in [-0.05, 0) is 18.4 Å².